The van der Waals surface area contributed by atoms with Crippen LogP contribution in [0.2, 0.25) is 5.02 Å². The first kappa shape index (κ1) is 19.3. The first-order valence-electron chi connectivity index (χ1n) is 7.44. The van der Waals surface area contributed by atoms with E-state index in [9.17, 15) is 21.6 Å². The van der Waals surface area contributed by atoms with E-state index in [2.05, 4.69) is 15.1 Å². The molecule has 0 aliphatic heterocycles. The van der Waals surface area contributed by atoms with Crippen molar-refractivity contribution in [1.82, 2.24) is 19.7 Å². The molecule has 0 saturated carbocycles. The largest absolute Gasteiger partial charge is 0.453 e. The Kier molecular flexibility index (Phi) is 4.73. The maximum absolute atomic E-state index is 13.1. The third kappa shape index (κ3) is 3.96. The van der Waals surface area contributed by atoms with E-state index in [1.54, 1.807) is 19.1 Å². The predicted molar refractivity (Wildman–Crippen MR) is 92.4 cm³/mol. The van der Waals surface area contributed by atoms with Crippen molar-refractivity contribution in [2.45, 2.75) is 18.0 Å². The average Bonchev–Trinajstić information content (AvgIpc) is 3.02. The maximum Gasteiger partial charge on any atom is 0.453 e. The molecule has 142 valence electrons. The summed E-state index contributed by atoms with van der Waals surface area (Å²) in [5.74, 6) is -1.48. The van der Waals surface area contributed by atoms with Gasteiger partial charge in [-0.25, -0.2) is 18.4 Å². The molecule has 0 atom stereocenters. The molecule has 2 aromatic heterocycles. The van der Waals surface area contributed by atoms with Gasteiger partial charge >= 0.3 is 6.18 Å². The van der Waals surface area contributed by atoms with Gasteiger partial charge in [0, 0.05) is 23.0 Å². The second kappa shape index (κ2) is 6.61. The Hall–Kier alpha value is -2.46. The molecule has 27 heavy (non-hydrogen) atoms. The summed E-state index contributed by atoms with van der Waals surface area (Å²) < 4.78 is 63.3. The van der Waals surface area contributed by atoms with Crippen LogP contribution in [0.4, 0.5) is 13.2 Å². The second-order valence-corrected chi connectivity index (χ2v) is 8.18. The summed E-state index contributed by atoms with van der Waals surface area (Å²) in [5, 5.41) is 3.85. The van der Waals surface area contributed by atoms with E-state index < -0.39 is 21.8 Å². The predicted octanol–water partition coefficient (Wildman–Crippen LogP) is 3.71. The van der Waals surface area contributed by atoms with Gasteiger partial charge in [0.25, 0.3) is 5.82 Å². The quantitative estimate of drug-likeness (QED) is 0.650. The average molecular weight is 417 g/mol. The van der Waals surface area contributed by atoms with Gasteiger partial charge in [0.1, 0.15) is 0 Å². The lowest BCUT2D eigenvalue weighted by Crippen LogP contribution is -2.09. The van der Waals surface area contributed by atoms with Crippen molar-refractivity contribution >= 4 is 21.4 Å². The molecule has 3 aromatic rings. The van der Waals surface area contributed by atoms with Crippen LogP contribution in [-0.2, 0) is 16.0 Å². The molecule has 0 N–H and O–H groups in total. The van der Waals surface area contributed by atoms with Gasteiger partial charge in [-0.15, -0.1) is 5.10 Å². The van der Waals surface area contributed by atoms with Crippen molar-refractivity contribution in [3.63, 3.8) is 0 Å². The molecule has 0 amide bonds. The Morgan fingerprint density at radius 2 is 1.85 bits per heavy atom. The summed E-state index contributed by atoms with van der Waals surface area (Å²) in [6, 6.07) is 7.17. The van der Waals surface area contributed by atoms with Gasteiger partial charge in [-0.05, 0) is 30.7 Å². The minimum absolute atomic E-state index is 0.0166. The van der Waals surface area contributed by atoms with Crippen LogP contribution >= 0.6 is 11.6 Å². The molecule has 11 heteroatoms. The molecule has 3 rings (SSSR count). The summed E-state index contributed by atoms with van der Waals surface area (Å²) >= 11 is 6.07. The van der Waals surface area contributed by atoms with E-state index in [4.69, 9.17) is 11.6 Å². The van der Waals surface area contributed by atoms with E-state index in [1.807, 2.05) is 0 Å². The Labute approximate surface area is 157 Å². The van der Waals surface area contributed by atoms with Crippen LogP contribution in [0.15, 0.2) is 41.4 Å². The fourth-order valence-electron chi connectivity index (χ4n) is 2.23. The molecule has 0 fully saturated rings. The molecule has 0 saturated heterocycles. The number of sulfone groups is 1. The molecule has 1 aromatic carbocycles. The summed E-state index contributed by atoms with van der Waals surface area (Å²) in [6.45, 7) is 1.75. The molecular formula is C16H12ClF3N4O2S. The van der Waals surface area contributed by atoms with Crippen molar-refractivity contribution in [2.24, 2.45) is 0 Å². The highest BCUT2D eigenvalue weighted by molar-refractivity contribution is 7.90. The molecule has 0 aliphatic rings. The Balaban J connectivity index is 2.19. The maximum atomic E-state index is 13.1. The Morgan fingerprint density at radius 1 is 1.15 bits per heavy atom. The first-order chi connectivity index (χ1) is 12.5. The van der Waals surface area contributed by atoms with Crippen LogP contribution in [0.5, 0.6) is 0 Å². The molecule has 0 spiro atoms. The highest BCUT2D eigenvalue weighted by Gasteiger charge is 2.37. The number of aromatic nitrogens is 4. The van der Waals surface area contributed by atoms with E-state index >= 15 is 0 Å². The normalized spacial score (nSPS) is 12.4. The molecule has 2 heterocycles. The van der Waals surface area contributed by atoms with Crippen molar-refractivity contribution in [2.75, 3.05) is 6.26 Å². The third-order valence-electron chi connectivity index (χ3n) is 3.66. The van der Waals surface area contributed by atoms with Crippen LogP contribution in [0.1, 0.15) is 11.4 Å². The lowest BCUT2D eigenvalue weighted by Gasteiger charge is -2.07. The Bertz CT molecular complexity index is 1110. The second-order valence-electron chi connectivity index (χ2n) is 5.76. The summed E-state index contributed by atoms with van der Waals surface area (Å²) in [4.78, 5) is 7.43. The Morgan fingerprint density at radius 3 is 2.37 bits per heavy atom. The minimum atomic E-state index is -4.76. The zero-order chi connectivity index (χ0) is 20.0. The first-order valence-corrected chi connectivity index (χ1v) is 9.71. The highest BCUT2D eigenvalue weighted by atomic mass is 35.5. The topological polar surface area (TPSA) is 77.7 Å². The summed E-state index contributed by atoms with van der Waals surface area (Å²) in [6.07, 6.45) is -2.71. The molecule has 0 bridgehead atoms. The number of halogens is 4. The number of hydrogen-bond acceptors (Lipinski definition) is 5. The monoisotopic (exact) mass is 416 g/mol. The van der Waals surface area contributed by atoms with Crippen molar-refractivity contribution < 1.29 is 21.6 Å². The van der Waals surface area contributed by atoms with Crippen molar-refractivity contribution in [3.8, 4) is 17.2 Å². The van der Waals surface area contributed by atoms with E-state index in [0.717, 1.165) is 22.7 Å². The number of nitrogens with zero attached hydrogens (tertiary/aromatic N) is 4. The number of alkyl halides is 3. The number of hydrogen-bond donors (Lipinski definition) is 0. The summed E-state index contributed by atoms with van der Waals surface area (Å²) in [5.41, 5.74) is 1.06. The minimum Gasteiger partial charge on any atom is -0.236 e. The lowest BCUT2D eigenvalue weighted by molar-refractivity contribution is -0.144. The van der Waals surface area contributed by atoms with Crippen LogP contribution in [0.3, 0.4) is 0 Å². The van der Waals surface area contributed by atoms with E-state index in [-0.39, 0.29) is 16.5 Å². The lowest BCUT2D eigenvalue weighted by atomic mass is 10.1. The molecule has 0 aliphatic carbocycles. The summed E-state index contributed by atoms with van der Waals surface area (Å²) in [7, 11) is -3.50. The number of rotatable bonds is 3. The van der Waals surface area contributed by atoms with Gasteiger partial charge in [-0.1, -0.05) is 23.7 Å². The smallest absolute Gasteiger partial charge is 0.236 e. The molecule has 6 nitrogen and oxygen atoms in total. The fourth-order valence-corrected chi connectivity index (χ4v) is 2.97. The van der Waals surface area contributed by atoms with E-state index in [1.165, 1.54) is 18.2 Å². The fraction of sp³-hybridized carbons (Fsp3) is 0.188. The molecular weight excluding hydrogens is 405 g/mol. The standard InChI is InChI=1S/C16H12ClF3N4O2S/c1-9-3-4-10(7-12(9)17)14-22-15(16(18,19)20)23-24(14)13-6-5-11(8-21-13)27(2,25)26/h3-8H,1-2H3. The zero-order valence-electron chi connectivity index (χ0n) is 14.0. The highest BCUT2D eigenvalue weighted by Crippen LogP contribution is 2.31. The SMILES string of the molecule is Cc1ccc(-c2nc(C(F)(F)F)nn2-c2ccc(S(C)(=O)=O)cn2)cc1Cl. The van der Waals surface area contributed by atoms with Crippen LogP contribution in [0, 0.1) is 6.92 Å². The van der Waals surface area contributed by atoms with Gasteiger partial charge in [0.2, 0.25) is 0 Å². The van der Waals surface area contributed by atoms with Gasteiger partial charge in [0.15, 0.2) is 21.5 Å². The molecule has 0 radical (unpaired) electrons. The van der Waals surface area contributed by atoms with Crippen molar-refractivity contribution in [3.05, 3.63) is 52.9 Å². The van der Waals surface area contributed by atoms with Crippen molar-refractivity contribution in [1.29, 1.82) is 0 Å². The van der Waals surface area contributed by atoms with Crippen LogP contribution in [-0.4, -0.2) is 34.4 Å². The van der Waals surface area contributed by atoms with Gasteiger partial charge in [-0.2, -0.15) is 17.9 Å². The van der Waals surface area contributed by atoms with Gasteiger partial charge < -0.3 is 0 Å². The number of pyridine rings is 1. The van der Waals surface area contributed by atoms with Gasteiger partial charge in [-0.3, -0.25) is 0 Å². The van der Waals surface area contributed by atoms with Crippen LogP contribution in [0.25, 0.3) is 17.2 Å². The van der Waals surface area contributed by atoms with Gasteiger partial charge in [0.05, 0.1) is 4.90 Å². The number of benzene rings is 1. The zero-order valence-corrected chi connectivity index (χ0v) is 15.6. The number of aryl methyl sites for hydroxylation is 1. The van der Waals surface area contributed by atoms with Crippen LogP contribution < -0.4 is 0 Å². The van der Waals surface area contributed by atoms with E-state index in [0.29, 0.717) is 10.6 Å². The third-order valence-corrected chi connectivity index (χ3v) is 5.16. The molecule has 0 unspecified atom stereocenters.